The summed E-state index contributed by atoms with van der Waals surface area (Å²) in [6.07, 6.45) is 8.50. The van der Waals surface area contributed by atoms with Crippen LogP contribution in [0.4, 0.5) is 0 Å². The molecule has 232 valence electrons. The first kappa shape index (κ1) is 30.0. The fourth-order valence-corrected chi connectivity index (χ4v) is 10.4. The summed E-state index contributed by atoms with van der Waals surface area (Å²) in [6, 6.07) is 0. The smallest absolute Gasteiger partial charge is 0.302 e. The van der Waals surface area contributed by atoms with Gasteiger partial charge < -0.3 is 23.7 Å². The highest BCUT2D eigenvalue weighted by Gasteiger charge is 2.69. The lowest BCUT2D eigenvalue weighted by molar-refractivity contribution is -0.385. The van der Waals surface area contributed by atoms with Crippen LogP contribution < -0.4 is 0 Å². The molecule has 6 aliphatic rings. The van der Waals surface area contributed by atoms with Gasteiger partial charge in [-0.1, -0.05) is 32.4 Å². The van der Waals surface area contributed by atoms with Gasteiger partial charge in [0.15, 0.2) is 5.78 Å². The zero-order valence-corrected chi connectivity index (χ0v) is 26.7. The standard InChI is InChI=1S/C34H48O8/c1-18(27-17-32(7)30(4,5)41-34(9,40-27)42-32)23-10-11-24-29-25(16-28(33(23,24)8)39-20(3)36)31(6)13-12-22(37)14-21(31)15-26(29)38-19(2)35/h12-14,18,23-29H,10-11,15-17H2,1-9H3/t18-,23+,24-,25-,26+,27+,28?,29-,31-,32+,33+,34-/m0/s1. The Morgan fingerprint density at radius 1 is 0.976 bits per heavy atom. The van der Waals surface area contributed by atoms with Crippen LogP contribution in [0, 0.1) is 40.4 Å². The summed E-state index contributed by atoms with van der Waals surface area (Å²) in [7, 11) is 0. The average molecular weight is 585 g/mol. The second-order valence-corrected chi connectivity index (χ2v) is 15.2. The van der Waals surface area contributed by atoms with E-state index in [1.165, 1.54) is 13.8 Å². The number of hydrogen-bond donors (Lipinski definition) is 0. The molecule has 0 radical (unpaired) electrons. The van der Waals surface area contributed by atoms with Crippen molar-refractivity contribution in [2.24, 2.45) is 40.4 Å². The number of esters is 2. The Labute approximate surface area is 249 Å². The highest BCUT2D eigenvalue weighted by Crippen LogP contribution is 2.68. The van der Waals surface area contributed by atoms with Crippen molar-refractivity contribution >= 4 is 17.7 Å². The zero-order chi connectivity index (χ0) is 30.6. The average Bonchev–Trinajstić information content (AvgIpc) is 3.27. The predicted octanol–water partition coefficient (Wildman–Crippen LogP) is 5.68. The van der Waals surface area contributed by atoms with E-state index in [0.717, 1.165) is 18.4 Å². The lowest BCUT2D eigenvalue weighted by atomic mass is 9.45. The van der Waals surface area contributed by atoms with Crippen LogP contribution in [0.15, 0.2) is 23.8 Å². The maximum Gasteiger partial charge on any atom is 0.302 e. The van der Waals surface area contributed by atoms with Crippen molar-refractivity contribution in [3.63, 3.8) is 0 Å². The van der Waals surface area contributed by atoms with Gasteiger partial charge in [0.2, 0.25) is 0 Å². The highest BCUT2D eigenvalue weighted by atomic mass is 16.9. The number of allylic oxidation sites excluding steroid dienone is 3. The SMILES string of the molecule is CC(=O)OC1C[C@H]2[C@@H]([C@H](OC(C)=O)CC3=CC(=O)C=C[C@@]32C)[C@@H]2CC[C@H]([C@H](C)[C@H]3C[C@@]4(C)O[C@@](C)(O3)OC4(C)C)[C@@]12C. The number of carbonyl (C=O) groups is 3. The molecule has 1 unspecified atom stereocenters. The summed E-state index contributed by atoms with van der Waals surface area (Å²) in [6.45, 7) is 17.8. The topological polar surface area (TPSA) is 97.4 Å². The highest BCUT2D eigenvalue weighted by molar-refractivity contribution is 6.01. The van der Waals surface area contributed by atoms with Gasteiger partial charge in [0.1, 0.15) is 17.8 Å². The minimum atomic E-state index is -1.10. The second-order valence-electron chi connectivity index (χ2n) is 15.2. The summed E-state index contributed by atoms with van der Waals surface area (Å²) in [4.78, 5) is 37.5. The third-order valence-electron chi connectivity index (χ3n) is 12.6. The van der Waals surface area contributed by atoms with Crippen LogP contribution in [0.3, 0.4) is 0 Å². The van der Waals surface area contributed by atoms with Gasteiger partial charge in [-0.2, -0.15) is 0 Å². The monoisotopic (exact) mass is 584 g/mol. The second kappa shape index (κ2) is 9.48. The van der Waals surface area contributed by atoms with Gasteiger partial charge in [0.05, 0.1) is 11.7 Å². The molecule has 2 saturated heterocycles. The summed E-state index contributed by atoms with van der Waals surface area (Å²) in [5, 5.41) is 0. The molecule has 2 bridgehead atoms. The molecule has 4 aliphatic carbocycles. The van der Waals surface area contributed by atoms with Gasteiger partial charge >= 0.3 is 11.9 Å². The van der Waals surface area contributed by atoms with Gasteiger partial charge in [0.25, 0.3) is 5.97 Å². The molecule has 8 heteroatoms. The molecule has 42 heavy (non-hydrogen) atoms. The molecule has 0 aromatic carbocycles. The molecule has 5 fully saturated rings. The van der Waals surface area contributed by atoms with Gasteiger partial charge in [-0.25, -0.2) is 0 Å². The Morgan fingerprint density at radius 3 is 2.31 bits per heavy atom. The van der Waals surface area contributed by atoms with E-state index in [2.05, 4.69) is 41.5 Å². The normalized spacial score (nSPS) is 49.3. The first-order valence-electron chi connectivity index (χ1n) is 15.8. The van der Waals surface area contributed by atoms with E-state index < -0.39 is 17.2 Å². The van der Waals surface area contributed by atoms with Gasteiger partial charge in [-0.05, 0) is 75.9 Å². The molecular formula is C34H48O8. The molecule has 2 heterocycles. The van der Waals surface area contributed by atoms with Crippen molar-refractivity contribution < 1.29 is 38.1 Å². The van der Waals surface area contributed by atoms with Crippen LogP contribution in [0.2, 0.25) is 0 Å². The third kappa shape index (κ3) is 4.29. The number of ether oxygens (including phenoxy) is 5. The minimum absolute atomic E-state index is 0.0329. The molecule has 2 aliphatic heterocycles. The Morgan fingerprint density at radius 2 is 1.67 bits per heavy atom. The molecule has 0 aromatic rings. The van der Waals surface area contributed by atoms with E-state index in [4.69, 9.17) is 23.7 Å². The molecular weight excluding hydrogens is 536 g/mol. The predicted molar refractivity (Wildman–Crippen MR) is 154 cm³/mol. The van der Waals surface area contributed by atoms with E-state index in [-0.39, 0.29) is 76.5 Å². The van der Waals surface area contributed by atoms with Crippen molar-refractivity contribution in [1.82, 2.24) is 0 Å². The third-order valence-corrected chi connectivity index (χ3v) is 12.6. The summed E-state index contributed by atoms with van der Waals surface area (Å²) in [5.74, 6) is -1.07. The van der Waals surface area contributed by atoms with Crippen LogP contribution >= 0.6 is 0 Å². The number of fused-ring (bicyclic) bond motifs is 7. The molecule has 12 atom stereocenters. The maximum absolute atomic E-state index is 12.6. The number of hydrogen-bond acceptors (Lipinski definition) is 8. The number of carbonyl (C=O) groups excluding carboxylic acids is 3. The van der Waals surface area contributed by atoms with E-state index in [1.54, 1.807) is 12.2 Å². The molecule has 0 amide bonds. The zero-order valence-electron chi connectivity index (χ0n) is 26.7. The Kier molecular flexibility index (Phi) is 6.78. The lowest BCUT2D eigenvalue weighted by Gasteiger charge is -2.61. The van der Waals surface area contributed by atoms with Crippen LogP contribution in [-0.4, -0.2) is 53.2 Å². The maximum atomic E-state index is 12.6. The Balaban J connectivity index is 1.39. The van der Waals surface area contributed by atoms with E-state index >= 15 is 0 Å². The van der Waals surface area contributed by atoms with E-state index in [9.17, 15) is 14.4 Å². The molecule has 0 spiro atoms. The first-order chi connectivity index (χ1) is 19.4. The Bertz CT molecular complexity index is 1250. The van der Waals surface area contributed by atoms with Crippen molar-refractivity contribution in [2.45, 2.75) is 130 Å². The van der Waals surface area contributed by atoms with Crippen LogP contribution in [0.1, 0.15) is 94.4 Å². The van der Waals surface area contributed by atoms with Gasteiger partial charge in [-0.3, -0.25) is 14.4 Å². The lowest BCUT2D eigenvalue weighted by Crippen LogP contribution is -2.62. The fraction of sp³-hybridized carbons (Fsp3) is 0.794. The van der Waals surface area contributed by atoms with Crippen LogP contribution in [0.5, 0.6) is 0 Å². The van der Waals surface area contributed by atoms with E-state index in [1.807, 2.05) is 13.0 Å². The summed E-state index contributed by atoms with van der Waals surface area (Å²) < 4.78 is 31.6. The van der Waals surface area contributed by atoms with Crippen molar-refractivity contribution in [2.75, 3.05) is 0 Å². The summed E-state index contributed by atoms with van der Waals surface area (Å²) in [5.41, 5.74) is -0.698. The molecule has 0 aromatic heterocycles. The quantitative estimate of drug-likeness (QED) is 0.390. The Hall–Kier alpha value is -2.03. The number of ketones is 1. The van der Waals surface area contributed by atoms with Crippen LogP contribution in [-0.2, 0) is 38.1 Å². The first-order valence-corrected chi connectivity index (χ1v) is 15.8. The molecule has 0 N–H and O–H groups in total. The van der Waals surface area contributed by atoms with Gasteiger partial charge in [-0.15, -0.1) is 0 Å². The largest absolute Gasteiger partial charge is 0.462 e. The molecule has 3 saturated carbocycles. The summed E-state index contributed by atoms with van der Waals surface area (Å²) >= 11 is 0. The van der Waals surface area contributed by atoms with Crippen molar-refractivity contribution in [3.05, 3.63) is 23.8 Å². The number of rotatable bonds is 4. The fourth-order valence-electron chi connectivity index (χ4n) is 10.4. The van der Waals surface area contributed by atoms with E-state index in [0.29, 0.717) is 19.3 Å². The van der Waals surface area contributed by atoms with Crippen LogP contribution in [0.25, 0.3) is 0 Å². The molecule has 8 nitrogen and oxygen atoms in total. The molecule has 6 rings (SSSR count). The van der Waals surface area contributed by atoms with Gasteiger partial charge in [0, 0.05) is 50.4 Å². The van der Waals surface area contributed by atoms with Crippen molar-refractivity contribution in [1.29, 1.82) is 0 Å². The van der Waals surface area contributed by atoms with Crippen molar-refractivity contribution in [3.8, 4) is 0 Å². The minimum Gasteiger partial charge on any atom is -0.462 e.